The summed E-state index contributed by atoms with van der Waals surface area (Å²) in [6.45, 7) is -0.719. The maximum Gasteiger partial charge on any atom is 0.417 e. The normalized spacial score (nSPS) is 20.3. The second kappa shape index (κ2) is 12.7. The maximum atomic E-state index is 14.0. The second-order valence-corrected chi connectivity index (χ2v) is 13.8. The van der Waals surface area contributed by atoms with Gasteiger partial charge in [0, 0.05) is 31.0 Å². The van der Waals surface area contributed by atoms with Crippen molar-refractivity contribution < 1.29 is 40.0 Å². The van der Waals surface area contributed by atoms with Crippen molar-refractivity contribution in [1.29, 1.82) is 0 Å². The van der Waals surface area contributed by atoms with Crippen LogP contribution < -0.4 is 10.0 Å². The molecule has 1 aliphatic heterocycles. The van der Waals surface area contributed by atoms with Gasteiger partial charge in [-0.25, -0.2) is 21.9 Å². The lowest BCUT2D eigenvalue weighted by atomic mass is 9.94. The minimum Gasteiger partial charge on any atom is -0.346 e. The molecule has 2 saturated carbocycles. The number of amides is 2. The lowest BCUT2D eigenvalue weighted by molar-refractivity contribution is -0.142. The first kappa shape index (κ1) is 32.3. The van der Waals surface area contributed by atoms with Gasteiger partial charge in [0.25, 0.3) is 11.8 Å². The van der Waals surface area contributed by atoms with Crippen molar-refractivity contribution in [3.05, 3.63) is 41.6 Å². The molecule has 1 atom stereocenters. The van der Waals surface area contributed by atoms with Crippen LogP contribution in [-0.2, 0) is 21.0 Å². The van der Waals surface area contributed by atoms with Crippen LogP contribution in [0.4, 0.5) is 22.0 Å². The van der Waals surface area contributed by atoms with Crippen LogP contribution in [-0.4, -0.2) is 71.8 Å². The van der Waals surface area contributed by atoms with Gasteiger partial charge in [-0.15, -0.1) is 0 Å². The molecule has 9 nitrogen and oxygen atoms in total. The Hall–Kier alpha value is -3.07. The van der Waals surface area contributed by atoms with Crippen molar-refractivity contribution in [1.82, 2.24) is 24.7 Å². The van der Waals surface area contributed by atoms with E-state index in [2.05, 4.69) is 15.1 Å². The molecule has 242 valence electrons. The lowest BCUT2D eigenvalue weighted by Crippen LogP contribution is -2.51. The van der Waals surface area contributed by atoms with E-state index in [-0.39, 0.29) is 48.4 Å². The summed E-state index contributed by atoms with van der Waals surface area (Å²) in [6.07, 6.45) is -0.327. The minimum absolute atomic E-state index is 0.0793. The number of alkyl halides is 5. The van der Waals surface area contributed by atoms with E-state index in [0.717, 1.165) is 30.2 Å². The highest BCUT2D eigenvalue weighted by atomic mass is 32.2. The first-order valence-corrected chi connectivity index (χ1v) is 16.6. The largest absolute Gasteiger partial charge is 0.417 e. The standard InChI is InChI=1S/C29H36F5N5O4S/c30-28(31)13-6-14-38(18-28)26(40)15-20(17-44(42,43)37-19-7-5-8-19)35-27(41)24-16-25(39(36-24)21-9-1-2-10-21)22-11-3-4-12-23(22)29(32,33)34/h3-4,11-12,16,19-21,37H,1-2,5-10,13-15,17-18H2,(H,35,41). The smallest absolute Gasteiger partial charge is 0.346 e. The molecule has 0 spiro atoms. The zero-order valence-corrected chi connectivity index (χ0v) is 24.9. The topological polar surface area (TPSA) is 113 Å². The number of halogens is 5. The van der Waals surface area contributed by atoms with E-state index in [1.54, 1.807) is 0 Å². The molecule has 44 heavy (non-hydrogen) atoms. The highest BCUT2D eigenvalue weighted by molar-refractivity contribution is 7.89. The maximum absolute atomic E-state index is 14.0. The second-order valence-electron chi connectivity index (χ2n) is 12.0. The summed E-state index contributed by atoms with van der Waals surface area (Å²) >= 11 is 0. The highest BCUT2D eigenvalue weighted by Crippen LogP contribution is 2.40. The number of aromatic nitrogens is 2. The number of hydrogen-bond acceptors (Lipinski definition) is 5. The molecule has 2 amide bonds. The van der Waals surface area contributed by atoms with Crippen molar-refractivity contribution in [2.45, 2.75) is 94.4 Å². The van der Waals surface area contributed by atoms with E-state index >= 15 is 0 Å². The Balaban J connectivity index is 1.42. The molecule has 2 aliphatic carbocycles. The first-order chi connectivity index (χ1) is 20.7. The monoisotopic (exact) mass is 645 g/mol. The Morgan fingerprint density at radius 2 is 1.75 bits per heavy atom. The molecule has 2 N–H and O–H groups in total. The molecule has 1 aromatic carbocycles. The van der Waals surface area contributed by atoms with Crippen LogP contribution in [0.25, 0.3) is 11.3 Å². The number of benzene rings is 1. The molecule has 1 unspecified atom stereocenters. The summed E-state index contributed by atoms with van der Waals surface area (Å²) in [5.74, 6) is -5.36. The number of carbonyl (C=O) groups is 2. The van der Waals surface area contributed by atoms with E-state index in [4.69, 9.17) is 0 Å². The van der Waals surface area contributed by atoms with Crippen molar-refractivity contribution >= 4 is 21.8 Å². The zero-order valence-electron chi connectivity index (χ0n) is 24.1. The third-order valence-electron chi connectivity index (χ3n) is 8.52. The Morgan fingerprint density at radius 1 is 1.05 bits per heavy atom. The highest BCUT2D eigenvalue weighted by Gasteiger charge is 2.39. The number of nitrogens with one attached hydrogen (secondary N) is 2. The summed E-state index contributed by atoms with van der Waals surface area (Å²) in [4.78, 5) is 27.5. The Bertz CT molecular complexity index is 1470. The average molecular weight is 646 g/mol. The summed E-state index contributed by atoms with van der Waals surface area (Å²) in [5.41, 5.74) is -1.18. The molecular weight excluding hydrogens is 609 g/mol. The van der Waals surface area contributed by atoms with Gasteiger partial charge in [0.2, 0.25) is 15.9 Å². The third-order valence-corrected chi connectivity index (χ3v) is 10.1. The Kier molecular flexibility index (Phi) is 9.36. The molecule has 1 aromatic heterocycles. The fraction of sp³-hybridized carbons (Fsp3) is 0.621. The van der Waals surface area contributed by atoms with Crippen LogP contribution in [0, 0.1) is 0 Å². The lowest BCUT2D eigenvalue weighted by Gasteiger charge is -2.33. The van der Waals surface area contributed by atoms with Crippen LogP contribution in [0.5, 0.6) is 0 Å². The summed E-state index contributed by atoms with van der Waals surface area (Å²) in [7, 11) is -3.98. The number of likely N-dealkylation sites (tertiary alicyclic amines) is 1. The van der Waals surface area contributed by atoms with Gasteiger partial charge in [-0.3, -0.25) is 14.3 Å². The molecule has 1 saturated heterocycles. The predicted molar refractivity (Wildman–Crippen MR) is 151 cm³/mol. The molecule has 15 heteroatoms. The van der Waals surface area contributed by atoms with Crippen molar-refractivity contribution in [3.8, 4) is 11.3 Å². The molecular formula is C29H36F5N5O4S. The summed E-state index contributed by atoms with van der Waals surface area (Å²) < 4.78 is 99.6. The summed E-state index contributed by atoms with van der Waals surface area (Å²) in [5, 5.41) is 6.90. The van der Waals surface area contributed by atoms with Crippen LogP contribution >= 0.6 is 0 Å². The van der Waals surface area contributed by atoms with Crippen molar-refractivity contribution in [2.24, 2.45) is 0 Å². The van der Waals surface area contributed by atoms with Crippen LogP contribution in [0.3, 0.4) is 0 Å². The number of piperidine rings is 1. The average Bonchev–Trinajstić information content (AvgIpc) is 3.60. The number of carbonyl (C=O) groups excluding carboxylic acids is 2. The quantitative estimate of drug-likeness (QED) is 0.357. The van der Waals surface area contributed by atoms with Crippen LogP contribution in [0.2, 0.25) is 0 Å². The van der Waals surface area contributed by atoms with Gasteiger partial charge in [-0.2, -0.15) is 18.3 Å². The Labute approximate surface area is 252 Å². The minimum atomic E-state index is -4.66. The molecule has 3 aliphatic rings. The first-order valence-electron chi connectivity index (χ1n) is 14.9. The third kappa shape index (κ3) is 7.76. The van der Waals surface area contributed by atoms with E-state index in [0.29, 0.717) is 25.7 Å². The van der Waals surface area contributed by atoms with Gasteiger partial charge in [0.05, 0.1) is 35.6 Å². The Morgan fingerprint density at radius 3 is 2.39 bits per heavy atom. The van der Waals surface area contributed by atoms with Crippen molar-refractivity contribution in [3.63, 3.8) is 0 Å². The van der Waals surface area contributed by atoms with Crippen molar-refractivity contribution in [2.75, 3.05) is 18.8 Å². The molecule has 2 aromatic rings. The van der Waals surface area contributed by atoms with E-state index in [1.807, 2.05) is 0 Å². The van der Waals surface area contributed by atoms with Gasteiger partial charge in [0.15, 0.2) is 5.69 Å². The molecule has 3 fully saturated rings. The number of hydrogen-bond donors (Lipinski definition) is 2. The SMILES string of the molecule is O=C(NC(CC(=O)N1CCCC(F)(F)C1)CS(=O)(=O)NC1CCC1)c1cc(-c2ccccc2C(F)(F)F)n(C2CCCC2)n1. The number of nitrogens with zero attached hydrogens (tertiary/aromatic N) is 3. The van der Waals surface area contributed by atoms with Gasteiger partial charge in [0.1, 0.15) is 0 Å². The molecule has 0 radical (unpaired) electrons. The molecule has 2 heterocycles. The number of sulfonamides is 1. The van der Waals surface area contributed by atoms with Gasteiger partial charge >= 0.3 is 6.18 Å². The number of rotatable bonds is 10. The summed E-state index contributed by atoms with van der Waals surface area (Å²) in [6, 6.07) is 4.43. The van der Waals surface area contributed by atoms with E-state index in [1.165, 1.54) is 28.9 Å². The fourth-order valence-electron chi connectivity index (χ4n) is 6.11. The van der Waals surface area contributed by atoms with Gasteiger partial charge < -0.3 is 10.2 Å². The van der Waals surface area contributed by atoms with Gasteiger partial charge in [-0.05, 0) is 44.2 Å². The van der Waals surface area contributed by atoms with E-state index < -0.39 is 64.3 Å². The molecule has 5 rings (SSSR count). The van der Waals surface area contributed by atoms with Gasteiger partial charge in [-0.1, -0.05) is 37.5 Å². The fourth-order valence-corrected chi connectivity index (χ4v) is 7.68. The molecule has 0 bridgehead atoms. The van der Waals surface area contributed by atoms with E-state index in [9.17, 15) is 40.0 Å². The van der Waals surface area contributed by atoms with Crippen LogP contribution in [0.15, 0.2) is 30.3 Å². The van der Waals surface area contributed by atoms with Crippen LogP contribution in [0.1, 0.15) is 86.3 Å². The predicted octanol–water partition coefficient (Wildman–Crippen LogP) is 4.90. The zero-order chi connectivity index (χ0) is 31.7.